The van der Waals surface area contributed by atoms with Crippen LogP contribution >= 0.6 is 0 Å². The molecule has 3 aromatic carbocycles. The van der Waals surface area contributed by atoms with Crippen LogP contribution in [-0.4, -0.2) is 41.2 Å². The van der Waals surface area contributed by atoms with E-state index in [1.807, 2.05) is 36.4 Å². The zero-order chi connectivity index (χ0) is 21.3. The molecule has 0 saturated heterocycles. The van der Waals surface area contributed by atoms with Gasteiger partial charge in [0.1, 0.15) is 6.04 Å². The van der Waals surface area contributed by atoms with Crippen LogP contribution in [0, 0.1) is 0 Å². The van der Waals surface area contributed by atoms with Crippen LogP contribution in [0.2, 0.25) is 0 Å². The number of hydrogen-bond acceptors (Lipinski definition) is 5. The van der Waals surface area contributed by atoms with E-state index in [-0.39, 0.29) is 11.1 Å². The molecule has 0 saturated carbocycles. The molecular weight excluding hydrogens is 384 g/mol. The Bertz CT molecular complexity index is 1150. The fourth-order valence-electron chi connectivity index (χ4n) is 3.39. The second-order valence-electron chi connectivity index (χ2n) is 6.92. The molecule has 0 unspecified atom stereocenters. The van der Waals surface area contributed by atoms with Crippen LogP contribution < -0.4 is 5.32 Å². The molecule has 3 amide bonds. The van der Waals surface area contributed by atoms with E-state index in [1.54, 1.807) is 18.2 Å². The lowest BCUT2D eigenvalue weighted by Gasteiger charge is -2.20. The Hall–Kier alpha value is -4.00. The fourth-order valence-corrected chi connectivity index (χ4v) is 3.39. The van der Waals surface area contributed by atoms with Gasteiger partial charge in [-0.05, 0) is 42.0 Å². The maximum absolute atomic E-state index is 12.5. The number of benzene rings is 3. The number of esters is 1. The van der Waals surface area contributed by atoms with Gasteiger partial charge < -0.3 is 10.1 Å². The molecule has 1 N–H and O–H groups in total. The third-order valence-corrected chi connectivity index (χ3v) is 4.93. The lowest BCUT2D eigenvalue weighted by atomic mass is 10.1. The van der Waals surface area contributed by atoms with Gasteiger partial charge in [0.25, 0.3) is 17.7 Å². The number of anilines is 1. The highest BCUT2D eigenvalue weighted by molar-refractivity contribution is 6.22. The first kappa shape index (κ1) is 19.3. The normalized spacial score (nSPS) is 13.8. The Labute approximate surface area is 172 Å². The van der Waals surface area contributed by atoms with E-state index < -0.39 is 36.3 Å². The molecule has 7 nitrogen and oxygen atoms in total. The molecule has 1 aliphatic rings. The standard InChI is InChI=1S/C23H18N2O5/c1-14(25-21(27)18-8-4-5-9-19(18)22(25)28)23(29)30-13-20(26)24-17-11-10-15-6-2-3-7-16(15)12-17/h2-12,14H,13H2,1H3,(H,24,26)/t14-/m1/s1. The molecule has 1 heterocycles. The third-order valence-electron chi connectivity index (χ3n) is 4.93. The number of nitrogens with one attached hydrogen (secondary N) is 1. The average Bonchev–Trinajstić information content (AvgIpc) is 3.02. The van der Waals surface area contributed by atoms with E-state index >= 15 is 0 Å². The molecule has 0 bridgehead atoms. The second kappa shape index (κ2) is 7.79. The summed E-state index contributed by atoms with van der Waals surface area (Å²) in [5.41, 5.74) is 1.07. The molecule has 4 rings (SSSR count). The van der Waals surface area contributed by atoms with Crippen LogP contribution in [-0.2, 0) is 14.3 Å². The number of nitrogens with zero attached hydrogens (tertiary/aromatic N) is 1. The van der Waals surface area contributed by atoms with Gasteiger partial charge in [-0.25, -0.2) is 4.79 Å². The van der Waals surface area contributed by atoms with Crippen molar-refractivity contribution >= 4 is 40.2 Å². The molecule has 1 aliphatic heterocycles. The van der Waals surface area contributed by atoms with Crippen LogP contribution in [0.5, 0.6) is 0 Å². The first-order chi connectivity index (χ1) is 14.5. The highest BCUT2D eigenvalue weighted by Crippen LogP contribution is 2.25. The molecule has 150 valence electrons. The van der Waals surface area contributed by atoms with Crippen molar-refractivity contribution in [3.63, 3.8) is 0 Å². The lowest BCUT2D eigenvalue weighted by Crippen LogP contribution is -2.44. The Morgan fingerprint density at radius 1 is 0.900 bits per heavy atom. The molecule has 0 spiro atoms. The van der Waals surface area contributed by atoms with Gasteiger partial charge >= 0.3 is 5.97 Å². The summed E-state index contributed by atoms with van der Waals surface area (Å²) < 4.78 is 5.04. The topological polar surface area (TPSA) is 92.8 Å². The van der Waals surface area contributed by atoms with Crippen LogP contribution in [0.4, 0.5) is 5.69 Å². The lowest BCUT2D eigenvalue weighted by molar-refractivity contribution is -0.150. The first-order valence-corrected chi connectivity index (χ1v) is 9.38. The molecule has 1 atom stereocenters. The number of fused-ring (bicyclic) bond motifs is 2. The van der Waals surface area contributed by atoms with Crippen LogP contribution in [0.1, 0.15) is 27.6 Å². The Kier molecular flexibility index (Phi) is 5.02. The van der Waals surface area contributed by atoms with Crippen molar-refractivity contribution in [2.75, 3.05) is 11.9 Å². The van der Waals surface area contributed by atoms with E-state index in [0.717, 1.165) is 15.7 Å². The van der Waals surface area contributed by atoms with E-state index in [2.05, 4.69) is 5.32 Å². The van der Waals surface area contributed by atoms with E-state index in [9.17, 15) is 19.2 Å². The second-order valence-corrected chi connectivity index (χ2v) is 6.92. The van der Waals surface area contributed by atoms with Crippen molar-refractivity contribution in [3.05, 3.63) is 77.9 Å². The maximum Gasteiger partial charge on any atom is 0.329 e. The summed E-state index contributed by atoms with van der Waals surface area (Å²) >= 11 is 0. The molecule has 0 fully saturated rings. The van der Waals surface area contributed by atoms with Crippen molar-refractivity contribution < 1.29 is 23.9 Å². The van der Waals surface area contributed by atoms with Gasteiger partial charge in [0, 0.05) is 5.69 Å². The minimum Gasteiger partial charge on any atom is -0.454 e. The Balaban J connectivity index is 1.36. The minimum absolute atomic E-state index is 0.246. The predicted molar refractivity (Wildman–Crippen MR) is 110 cm³/mol. The Morgan fingerprint density at radius 3 is 2.17 bits per heavy atom. The minimum atomic E-state index is -1.15. The monoisotopic (exact) mass is 402 g/mol. The van der Waals surface area contributed by atoms with Gasteiger partial charge in [0.2, 0.25) is 0 Å². The number of rotatable bonds is 5. The number of carbonyl (C=O) groups is 4. The molecular formula is C23H18N2O5. The van der Waals surface area contributed by atoms with Crippen molar-refractivity contribution in [2.45, 2.75) is 13.0 Å². The summed E-state index contributed by atoms with van der Waals surface area (Å²) in [6, 6.07) is 18.4. The van der Waals surface area contributed by atoms with Crippen molar-refractivity contribution in [2.24, 2.45) is 0 Å². The summed E-state index contributed by atoms with van der Waals surface area (Å²) in [6.45, 7) is 0.865. The molecule has 0 aromatic heterocycles. The van der Waals surface area contributed by atoms with Gasteiger partial charge in [-0.2, -0.15) is 0 Å². The van der Waals surface area contributed by atoms with E-state index in [1.165, 1.54) is 19.1 Å². The van der Waals surface area contributed by atoms with Crippen molar-refractivity contribution in [3.8, 4) is 0 Å². The SMILES string of the molecule is C[C@H](C(=O)OCC(=O)Nc1ccc2ccccc2c1)N1C(=O)c2ccccc2C1=O. The van der Waals surface area contributed by atoms with E-state index in [4.69, 9.17) is 4.74 Å². The van der Waals surface area contributed by atoms with Gasteiger partial charge in [-0.1, -0.05) is 42.5 Å². The van der Waals surface area contributed by atoms with Gasteiger partial charge in [0.15, 0.2) is 6.61 Å². The van der Waals surface area contributed by atoms with E-state index in [0.29, 0.717) is 5.69 Å². The smallest absolute Gasteiger partial charge is 0.329 e. The number of imide groups is 1. The third kappa shape index (κ3) is 3.53. The molecule has 0 radical (unpaired) electrons. The van der Waals surface area contributed by atoms with Crippen LogP contribution in [0.25, 0.3) is 10.8 Å². The van der Waals surface area contributed by atoms with Gasteiger partial charge in [0.05, 0.1) is 11.1 Å². The Morgan fingerprint density at radius 2 is 1.50 bits per heavy atom. The molecule has 3 aromatic rings. The summed E-state index contributed by atoms with van der Waals surface area (Å²) in [4.78, 5) is 50.3. The average molecular weight is 402 g/mol. The summed E-state index contributed by atoms with van der Waals surface area (Å²) in [7, 11) is 0. The zero-order valence-electron chi connectivity index (χ0n) is 16.1. The van der Waals surface area contributed by atoms with Gasteiger partial charge in [-0.3, -0.25) is 19.3 Å². The fraction of sp³-hybridized carbons (Fsp3) is 0.130. The highest BCUT2D eigenvalue weighted by Gasteiger charge is 2.41. The molecule has 0 aliphatic carbocycles. The maximum atomic E-state index is 12.5. The summed E-state index contributed by atoms with van der Waals surface area (Å²) in [5, 5.41) is 4.67. The first-order valence-electron chi connectivity index (χ1n) is 9.38. The summed E-state index contributed by atoms with van der Waals surface area (Å²) in [5.74, 6) is -2.47. The van der Waals surface area contributed by atoms with Crippen LogP contribution in [0.3, 0.4) is 0 Å². The molecule has 7 heteroatoms. The predicted octanol–water partition coefficient (Wildman–Crippen LogP) is 3.01. The number of ether oxygens (including phenoxy) is 1. The number of amides is 3. The largest absolute Gasteiger partial charge is 0.454 e. The van der Waals surface area contributed by atoms with Crippen molar-refractivity contribution in [1.82, 2.24) is 4.90 Å². The zero-order valence-corrected chi connectivity index (χ0v) is 16.1. The number of hydrogen-bond donors (Lipinski definition) is 1. The number of carbonyl (C=O) groups excluding carboxylic acids is 4. The quantitative estimate of drug-likeness (QED) is 0.523. The van der Waals surface area contributed by atoms with Crippen LogP contribution in [0.15, 0.2) is 66.7 Å². The molecule has 30 heavy (non-hydrogen) atoms. The summed E-state index contributed by atoms with van der Waals surface area (Å²) in [6.07, 6.45) is 0. The van der Waals surface area contributed by atoms with Gasteiger partial charge in [-0.15, -0.1) is 0 Å². The van der Waals surface area contributed by atoms with Crippen molar-refractivity contribution in [1.29, 1.82) is 0 Å². The highest BCUT2D eigenvalue weighted by atomic mass is 16.5.